The number of hydrogen-bond acceptors (Lipinski definition) is 26. The standard InChI is InChI=1S/C54H71N7O7S.C33H46N2O6S.C21H27N5O2/c1-36-51(69-35-58-36)40-19-16-37(17-20-40)18-21-49(65)48-27-44(63)33-61(48)53(68)46(54(2,3)4)26-43(62)14-8-6-5-7-9-15-50(66)60-29-38(30-60)24-42-25-47(57-34-56-42)52(67)55-28-45(64)32-59-23-22-39-12-10-11-13-41(39)31-59;1-22-31(42-21-34-22)24-15-12-23(13-16-24)14-17-29(38)28-19-26(37)20-35(28)32(41)27(33(2,3)4)18-25(36)10-8-6-5-7-9-11-30(39)40;27-18(13-26-8-7-15-3-1-2-4-16(15)12-26)5-6-20(28)19-9-21(24-14-23-19)25-17-10-22-11-17/h10-13,16-17,19-20,25,34-35,38,44-46,48,63-64H,5-9,14-15,18,21-24,26-33H2,1-4H3,(H,55,67);12-13,15-16,21,26-28,37H,5-11,14,17-20H2,1-4H3,(H,39,40);1-4,9,14,17-18,22,27H,5-8,10-13H2,(H,23,24,25)/t44-,45+,46-,48+;26-,27-,28+;18-/m110/s1. The number of likely N-dealkylation sites (tertiary alicyclic amines) is 3. The number of rotatable bonds is 47. The molecule has 8 aromatic rings. The summed E-state index contributed by atoms with van der Waals surface area (Å²) in [6.45, 7) is 23.6. The molecule has 139 heavy (non-hydrogen) atoms. The number of nitrogens with one attached hydrogen (secondary N) is 3. The number of carboxylic acid groups (broad SMARTS) is 1. The molecule has 0 aliphatic carbocycles. The summed E-state index contributed by atoms with van der Waals surface area (Å²) >= 11 is 3.20. The van der Waals surface area contributed by atoms with E-state index < -0.39 is 65.1 Å². The van der Waals surface area contributed by atoms with E-state index in [1.54, 1.807) is 34.8 Å². The molecule has 0 bridgehead atoms. The number of thiazole rings is 2. The molecule has 8 N–H and O–H groups in total. The molecule has 29 nitrogen and oxygen atoms in total. The van der Waals surface area contributed by atoms with Crippen LogP contribution in [-0.2, 0) is 83.5 Å². The van der Waals surface area contributed by atoms with E-state index in [2.05, 4.69) is 98.1 Å². The number of aromatic nitrogens is 6. The number of anilines is 1. The predicted molar refractivity (Wildman–Crippen MR) is 538 cm³/mol. The topological polar surface area (TPSA) is 401 Å². The number of ketones is 5. The second-order valence-corrected chi connectivity index (χ2v) is 42.7. The maximum Gasteiger partial charge on any atom is 0.303 e. The van der Waals surface area contributed by atoms with E-state index in [9.17, 15) is 68.4 Å². The Morgan fingerprint density at radius 1 is 0.511 bits per heavy atom. The van der Waals surface area contributed by atoms with Crippen LogP contribution in [0.4, 0.5) is 5.82 Å². The van der Waals surface area contributed by atoms with Crippen LogP contribution in [0.5, 0.6) is 0 Å². The molecule has 0 unspecified atom stereocenters. The van der Waals surface area contributed by atoms with Crippen molar-refractivity contribution < 1.29 is 73.5 Å². The van der Waals surface area contributed by atoms with Gasteiger partial charge in [0.05, 0.1) is 74.7 Å². The van der Waals surface area contributed by atoms with Crippen molar-refractivity contribution in [2.45, 2.75) is 284 Å². The quantitative estimate of drug-likeness (QED) is 0.0130. The lowest BCUT2D eigenvalue weighted by atomic mass is 9.76. The van der Waals surface area contributed by atoms with E-state index in [0.717, 1.165) is 146 Å². The number of unbranched alkanes of at least 4 members (excludes halogenated alkanes) is 8. The lowest BCUT2D eigenvalue weighted by Gasteiger charge is -2.39. The van der Waals surface area contributed by atoms with Crippen molar-refractivity contribution in [1.82, 2.24) is 65.0 Å². The summed E-state index contributed by atoms with van der Waals surface area (Å²) in [5, 5.41) is 60.2. The van der Waals surface area contributed by atoms with Gasteiger partial charge in [-0.3, -0.25) is 57.7 Å². The van der Waals surface area contributed by atoms with E-state index in [1.165, 1.54) is 44.7 Å². The first-order valence-electron chi connectivity index (χ1n) is 50.0. The number of hydrogen-bond donors (Lipinski definition) is 8. The van der Waals surface area contributed by atoms with Gasteiger partial charge in [-0.25, -0.2) is 29.9 Å². The minimum absolute atomic E-state index is 0.0217. The molecule has 31 heteroatoms. The van der Waals surface area contributed by atoms with Crippen molar-refractivity contribution in [3.8, 4) is 20.9 Å². The molecule has 10 heterocycles. The summed E-state index contributed by atoms with van der Waals surface area (Å²) in [7, 11) is 0. The van der Waals surface area contributed by atoms with Gasteiger partial charge in [0.2, 0.25) is 17.7 Å². The smallest absolute Gasteiger partial charge is 0.303 e. The minimum Gasteiger partial charge on any atom is -0.481 e. The third kappa shape index (κ3) is 32.8. The zero-order valence-corrected chi connectivity index (χ0v) is 83.9. The van der Waals surface area contributed by atoms with Crippen LogP contribution in [0, 0.1) is 42.4 Å². The SMILES string of the molecule is Cc1ncsc1-c1ccc(CCC(=O)[C@@H]2C[C@@H](O)CN2C(=O)[C@@H](CC(=O)CCCCCCCC(=O)N2CC(Cc3cc(C(=O)NC[C@H](O)CN4CCc5ccccc5C4)ncn3)C2)C(C)(C)C)cc1.Cc1ncsc1-c1ccc(CCC(=O)[C@@H]2C[C@@H](O)CN2C(=O)[C@@H](CC(=O)CCCCCCCC(=O)O)C(C)(C)C)cc1.O=C(CC[C@H](O)CN1CCc2ccccc2C1)c1cc(NC2CNC2)ncn1. The lowest BCUT2D eigenvalue weighted by molar-refractivity contribution is -0.146. The Morgan fingerprint density at radius 3 is 1.44 bits per heavy atom. The summed E-state index contributed by atoms with van der Waals surface area (Å²) < 4.78 is 0. The van der Waals surface area contributed by atoms with Crippen LogP contribution in [0.3, 0.4) is 0 Å². The summed E-state index contributed by atoms with van der Waals surface area (Å²) in [5.41, 5.74) is 15.7. The van der Waals surface area contributed by atoms with Crippen molar-refractivity contribution in [3.05, 3.63) is 195 Å². The van der Waals surface area contributed by atoms with Crippen molar-refractivity contribution in [2.24, 2.45) is 28.6 Å². The zero-order valence-electron chi connectivity index (χ0n) is 82.3. The molecule has 6 aliphatic rings. The highest BCUT2D eigenvalue weighted by molar-refractivity contribution is 7.13. The molecule has 4 saturated heterocycles. The molecule has 0 radical (unpaired) electrons. The van der Waals surface area contributed by atoms with Gasteiger partial charge in [0.15, 0.2) is 17.3 Å². The zero-order chi connectivity index (χ0) is 99.3. The third-order valence-electron chi connectivity index (χ3n) is 27.8. The van der Waals surface area contributed by atoms with Gasteiger partial charge in [0, 0.05) is 179 Å². The number of fused-ring (bicyclic) bond motifs is 2. The molecule has 8 atom stereocenters. The van der Waals surface area contributed by atoms with Crippen LogP contribution in [0.25, 0.3) is 20.9 Å². The molecule has 0 spiro atoms. The van der Waals surface area contributed by atoms with Gasteiger partial charge >= 0.3 is 5.97 Å². The Hall–Kier alpha value is -10.5. The molecule has 14 rings (SSSR count). The van der Waals surface area contributed by atoms with E-state index in [0.29, 0.717) is 108 Å². The monoisotopic (exact) mass is 1940 g/mol. The highest BCUT2D eigenvalue weighted by Gasteiger charge is 2.46. The van der Waals surface area contributed by atoms with Gasteiger partial charge in [0.25, 0.3) is 5.91 Å². The van der Waals surface area contributed by atoms with Crippen LogP contribution < -0.4 is 16.0 Å². The van der Waals surface area contributed by atoms with Gasteiger partial charge in [-0.15, -0.1) is 22.7 Å². The molecule has 4 fully saturated rings. The van der Waals surface area contributed by atoms with Crippen LogP contribution in [0.1, 0.15) is 254 Å². The normalized spacial score (nSPS) is 18.1. The number of carbonyl (C=O) groups is 10. The van der Waals surface area contributed by atoms with Crippen molar-refractivity contribution in [1.29, 1.82) is 0 Å². The lowest BCUT2D eigenvalue weighted by Crippen LogP contribution is -2.51. The second-order valence-electron chi connectivity index (χ2n) is 40.9. The predicted octanol–water partition coefficient (Wildman–Crippen LogP) is 13.8. The van der Waals surface area contributed by atoms with E-state index >= 15 is 0 Å². The minimum atomic E-state index is -0.787. The number of aliphatic carboxylic acids is 1. The number of nitrogens with zero attached hydrogens (tertiary/aromatic N) is 11. The fourth-order valence-electron chi connectivity index (χ4n) is 19.3. The maximum absolute atomic E-state index is 14.1. The molecule has 4 amide bonds. The molecule has 4 aromatic heterocycles. The summed E-state index contributed by atoms with van der Waals surface area (Å²) in [6, 6.07) is 35.5. The van der Waals surface area contributed by atoms with Crippen LogP contribution in [0.2, 0.25) is 0 Å². The fourth-order valence-corrected chi connectivity index (χ4v) is 20.9. The first-order chi connectivity index (χ1) is 66.6. The third-order valence-corrected chi connectivity index (χ3v) is 29.7. The van der Waals surface area contributed by atoms with Crippen molar-refractivity contribution >= 4 is 87.0 Å². The number of benzene rings is 4. The van der Waals surface area contributed by atoms with E-state index in [1.807, 2.05) is 126 Å². The van der Waals surface area contributed by atoms with E-state index in [-0.39, 0.29) is 135 Å². The summed E-state index contributed by atoms with van der Waals surface area (Å²) in [6.07, 6.45) is 15.1. The number of carbonyl (C=O) groups excluding carboxylic acids is 9. The highest BCUT2D eigenvalue weighted by atomic mass is 32.1. The van der Waals surface area contributed by atoms with Gasteiger partial charge in [-0.2, -0.15) is 0 Å². The van der Waals surface area contributed by atoms with Gasteiger partial charge in [-0.1, -0.05) is 177 Å². The fraction of sp³-hybridized carbons (Fsp3) is 0.556. The van der Waals surface area contributed by atoms with Crippen LogP contribution >= 0.6 is 22.7 Å². The number of aliphatic hydroxyl groups excluding tert-OH is 4. The first-order valence-corrected chi connectivity index (χ1v) is 51.8. The maximum atomic E-state index is 14.1. The van der Waals surface area contributed by atoms with Crippen LogP contribution in [0.15, 0.2) is 133 Å². The number of aliphatic hydroxyl groups is 4. The van der Waals surface area contributed by atoms with Gasteiger partial charge in [-0.05, 0) is 145 Å². The molecule has 4 aromatic carbocycles. The van der Waals surface area contributed by atoms with Crippen molar-refractivity contribution in [3.63, 3.8) is 0 Å². The molecule has 0 saturated carbocycles. The number of amides is 4. The number of β-amino-alcohol motifs (C(OH)–C–C–N with tert-alkyl or cyclic N) is 4. The molecular formula is C108H144N14O15S2. The Balaban J connectivity index is 0.000000208. The number of Topliss-reactive ketones (excluding diaryl/α,β-unsaturated/α-hetero) is 5. The van der Waals surface area contributed by atoms with Crippen molar-refractivity contribution in [2.75, 3.05) is 77.3 Å². The summed E-state index contributed by atoms with van der Waals surface area (Å²) in [4.78, 5) is 167. The van der Waals surface area contributed by atoms with E-state index in [4.69, 9.17) is 5.11 Å². The average Bonchev–Trinajstić information content (AvgIpc) is 1.66. The van der Waals surface area contributed by atoms with Gasteiger partial charge < -0.3 is 56.2 Å². The van der Waals surface area contributed by atoms with Crippen LogP contribution in [-0.4, -0.2) is 253 Å². The molecule has 748 valence electrons. The molecule has 6 aliphatic heterocycles. The summed E-state index contributed by atoms with van der Waals surface area (Å²) in [5.74, 6) is -1.87. The first kappa shape index (κ1) is 107. The number of carboxylic acids is 1. The molecular weight excluding hydrogens is 1800 g/mol. The Kier molecular flexibility index (Phi) is 40.4. The second kappa shape index (κ2) is 52.3. The Morgan fingerprint density at radius 2 is 0.971 bits per heavy atom. The number of aryl methyl sites for hydroxylation is 4. The van der Waals surface area contributed by atoms with Gasteiger partial charge in [0.1, 0.15) is 41.4 Å². The highest BCUT2D eigenvalue weighted by Crippen LogP contribution is 2.39. The largest absolute Gasteiger partial charge is 0.481 e. The Bertz CT molecular complexity index is 5420. The Labute approximate surface area is 826 Å². The average molecular weight is 1940 g/mol.